The Bertz CT molecular complexity index is 440. The number of hydrogen-bond donors (Lipinski definition) is 3. The highest BCUT2D eigenvalue weighted by Crippen LogP contribution is 2.11. The average molecular weight is 282 g/mol. The van der Waals surface area contributed by atoms with Gasteiger partial charge in [-0.3, -0.25) is 4.79 Å². The number of nitrogens with one attached hydrogen (secondary N) is 3. The number of aromatic nitrogens is 3. The molecule has 1 rings (SSSR count). The van der Waals surface area contributed by atoms with E-state index in [9.17, 15) is 4.79 Å². The SMILES string of the molecule is CCCOc1nc(NC)nc(NC(C)C(=O)NCC)n1. The molecule has 0 aliphatic carbocycles. The maximum absolute atomic E-state index is 11.7. The zero-order valence-electron chi connectivity index (χ0n) is 12.4. The van der Waals surface area contributed by atoms with E-state index >= 15 is 0 Å². The van der Waals surface area contributed by atoms with Crippen molar-refractivity contribution in [2.75, 3.05) is 30.8 Å². The van der Waals surface area contributed by atoms with Gasteiger partial charge in [0.25, 0.3) is 0 Å². The number of carbonyl (C=O) groups excluding carboxylic acids is 1. The number of ether oxygens (including phenoxy) is 1. The van der Waals surface area contributed by atoms with Crippen LogP contribution in [-0.4, -0.2) is 47.1 Å². The summed E-state index contributed by atoms with van der Waals surface area (Å²) in [5.41, 5.74) is 0. The number of carbonyl (C=O) groups is 1. The van der Waals surface area contributed by atoms with E-state index in [-0.39, 0.29) is 11.9 Å². The van der Waals surface area contributed by atoms with Crippen molar-refractivity contribution in [3.8, 4) is 6.01 Å². The summed E-state index contributed by atoms with van der Waals surface area (Å²) in [7, 11) is 1.70. The minimum atomic E-state index is -0.443. The molecule has 1 aromatic rings. The fourth-order valence-corrected chi connectivity index (χ4v) is 1.38. The molecule has 0 bridgehead atoms. The van der Waals surface area contributed by atoms with Gasteiger partial charge in [-0.1, -0.05) is 6.92 Å². The Labute approximate surface area is 118 Å². The first-order valence-corrected chi connectivity index (χ1v) is 6.71. The summed E-state index contributed by atoms with van der Waals surface area (Å²) in [6.45, 7) is 6.70. The summed E-state index contributed by atoms with van der Waals surface area (Å²) >= 11 is 0. The van der Waals surface area contributed by atoms with Crippen molar-refractivity contribution in [1.29, 1.82) is 0 Å². The lowest BCUT2D eigenvalue weighted by molar-refractivity contribution is -0.121. The van der Waals surface area contributed by atoms with Crippen LogP contribution >= 0.6 is 0 Å². The Balaban J connectivity index is 2.79. The molecule has 112 valence electrons. The molecule has 1 atom stereocenters. The van der Waals surface area contributed by atoms with Crippen LogP contribution in [0.15, 0.2) is 0 Å². The van der Waals surface area contributed by atoms with Gasteiger partial charge in [0.1, 0.15) is 6.04 Å². The van der Waals surface area contributed by atoms with Crippen molar-refractivity contribution >= 4 is 17.8 Å². The van der Waals surface area contributed by atoms with E-state index in [0.29, 0.717) is 25.0 Å². The van der Waals surface area contributed by atoms with Gasteiger partial charge in [0.05, 0.1) is 6.61 Å². The molecule has 1 unspecified atom stereocenters. The van der Waals surface area contributed by atoms with Crippen LogP contribution in [0.3, 0.4) is 0 Å². The highest BCUT2D eigenvalue weighted by Gasteiger charge is 2.14. The summed E-state index contributed by atoms with van der Waals surface area (Å²) in [5, 5.41) is 8.48. The third-order valence-corrected chi connectivity index (χ3v) is 2.36. The standard InChI is InChI=1S/C12H22N6O2/c1-5-7-20-12-17-10(13-4)16-11(18-12)15-8(3)9(19)14-6-2/h8H,5-7H2,1-4H3,(H,14,19)(H2,13,15,16,17,18). The molecule has 0 aliphatic heterocycles. The van der Waals surface area contributed by atoms with Crippen molar-refractivity contribution in [2.24, 2.45) is 0 Å². The average Bonchev–Trinajstić information content (AvgIpc) is 2.45. The zero-order valence-corrected chi connectivity index (χ0v) is 12.4. The van der Waals surface area contributed by atoms with Crippen molar-refractivity contribution in [3.63, 3.8) is 0 Å². The third-order valence-electron chi connectivity index (χ3n) is 2.36. The van der Waals surface area contributed by atoms with E-state index in [1.165, 1.54) is 0 Å². The Kier molecular flexibility index (Phi) is 6.48. The predicted molar refractivity (Wildman–Crippen MR) is 76.9 cm³/mol. The van der Waals surface area contributed by atoms with Crippen molar-refractivity contribution in [2.45, 2.75) is 33.2 Å². The lowest BCUT2D eigenvalue weighted by atomic mass is 10.3. The van der Waals surface area contributed by atoms with Crippen LogP contribution in [0.25, 0.3) is 0 Å². The molecular formula is C12H22N6O2. The van der Waals surface area contributed by atoms with Crippen LogP contribution in [0, 0.1) is 0 Å². The van der Waals surface area contributed by atoms with Crippen LogP contribution in [0.4, 0.5) is 11.9 Å². The summed E-state index contributed by atoms with van der Waals surface area (Å²) in [6, 6.07) is -0.210. The highest BCUT2D eigenvalue weighted by atomic mass is 16.5. The fourth-order valence-electron chi connectivity index (χ4n) is 1.38. The summed E-state index contributed by atoms with van der Waals surface area (Å²) in [4.78, 5) is 24.0. The molecule has 1 heterocycles. The molecule has 8 nitrogen and oxygen atoms in total. The van der Waals surface area contributed by atoms with E-state index < -0.39 is 6.04 Å². The number of hydrogen-bond acceptors (Lipinski definition) is 7. The maximum Gasteiger partial charge on any atom is 0.323 e. The fraction of sp³-hybridized carbons (Fsp3) is 0.667. The van der Waals surface area contributed by atoms with Gasteiger partial charge < -0.3 is 20.7 Å². The van der Waals surface area contributed by atoms with Gasteiger partial charge in [-0.05, 0) is 20.3 Å². The molecule has 0 aromatic carbocycles. The van der Waals surface area contributed by atoms with Gasteiger partial charge in [0.2, 0.25) is 17.8 Å². The number of nitrogens with zero attached hydrogens (tertiary/aromatic N) is 3. The molecule has 0 saturated heterocycles. The molecule has 0 saturated carbocycles. The Morgan fingerprint density at radius 3 is 2.55 bits per heavy atom. The Morgan fingerprint density at radius 2 is 1.95 bits per heavy atom. The largest absolute Gasteiger partial charge is 0.463 e. The second kappa shape index (κ2) is 8.13. The molecule has 3 N–H and O–H groups in total. The Morgan fingerprint density at radius 1 is 1.25 bits per heavy atom. The molecule has 1 amide bonds. The van der Waals surface area contributed by atoms with Crippen molar-refractivity contribution < 1.29 is 9.53 Å². The Hall–Kier alpha value is -2.12. The lowest BCUT2D eigenvalue weighted by Crippen LogP contribution is -2.37. The van der Waals surface area contributed by atoms with Gasteiger partial charge in [0, 0.05) is 13.6 Å². The minimum Gasteiger partial charge on any atom is -0.463 e. The highest BCUT2D eigenvalue weighted by molar-refractivity contribution is 5.83. The normalized spacial score (nSPS) is 11.6. The van der Waals surface area contributed by atoms with E-state index in [4.69, 9.17) is 4.74 Å². The van der Waals surface area contributed by atoms with Crippen LogP contribution < -0.4 is 20.7 Å². The maximum atomic E-state index is 11.7. The number of likely N-dealkylation sites (N-methyl/N-ethyl adjacent to an activating group) is 1. The first-order valence-electron chi connectivity index (χ1n) is 6.71. The zero-order chi connectivity index (χ0) is 15.0. The van der Waals surface area contributed by atoms with Gasteiger partial charge in [-0.15, -0.1) is 0 Å². The van der Waals surface area contributed by atoms with E-state index in [1.54, 1.807) is 14.0 Å². The van der Waals surface area contributed by atoms with E-state index in [2.05, 4.69) is 30.9 Å². The van der Waals surface area contributed by atoms with E-state index in [0.717, 1.165) is 6.42 Å². The summed E-state index contributed by atoms with van der Waals surface area (Å²) < 4.78 is 5.39. The van der Waals surface area contributed by atoms with E-state index in [1.807, 2.05) is 13.8 Å². The summed E-state index contributed by atoms with van der Waals surface area (Å²) in [5.74, 6) is 0.570. The van der Waals surface area contributed by atoms with Gasteiger partial charge in [-0.25, -0.2) is 0 Å². The van der Waals surface area contributed by atoms with Crippen molar-refractivity contribution in [1.82, 2.24) is 20.3 Å². The number of amides is 1. The van der Waals surface area contributed by atoms with Gasteiger partial charge >= 0.3 is 6.01 Å². The quantitative estimate of drug-likeness (QED) is 0.643. The second-order valence-electron chi connectivity index (χ2n) is 4.12. The molecule has 8 heteroatoms. The van der Waals surface area contributed by atoms with Gasteiger partial charge in [-0.2, -0.15) is 15.0 Å². The molecule has 0 spiro atoms. The molecule has 20 heavy (non-hydrogen) atoms. The van der Waals surface area contributed by atoms with Crippen LogP contribution in [0.1, 0.15) is 27.2 Å². The topological polar surface area (TPSA) is 101 Å². The predicted octanol–water partition coefficient (Wildman–Crippen LogP) is 0.639. The molecule has 1 aromatic heterocycles. The first kappa shape index (κ1) is 15.9. The number of anilines is 2. The monoisotopic (exact) mass is 282 g/mol. The van der Waals surface area contributed by atoms with Gasteiger partial charge in [0.15, 0.2) is 0 Å². The summed E-state index contributed by atoms with van der Waals surface area (Å²) in [6.07, 6.45) is 0.860. The molecular weight excluding hydrogens is 260 g/mol. The number of rotatable bonds is 8. The second-order valence-corrected chi connectivity index (χ2v) is 4.12. The van der Waals surface area contributed by atoms with Crippen LogP contribution in [-0.2, 0) is 4.79 Å². The molecule has 0 fully saturated rings. The van der Waals surface area contributed by atoms with Crippen LogP contribution in [0.2, 0.25) is 0 Å². The third kappa shape index (κ3) is 4.87. The molecule has 0 aliphatic rings. The molecule has 0 radical (unpaired) electrons. The lowest BCUT2D eigenvalue weighted by Gasteiger charge is -2.14. The van der Waals surface area contributed by atoms with Crippen molar-refractivity contribution in [3.05, 3.63) is 0 Å². The van der Waals surface area contributed by atoms with Crippen LogP contribution in [0.5, 0.6) is 6.01 Å². The minimum absolute atomic E-state index is 0.116. The smallest absolute Gasteiger partial charge is 0.323 e. The first-order chi connectivity index (χ1) is 9.60.